The normalized spacial score (nSPS) is 16.9. The minimum absolute atomic E-state index is 0.0556. The first-order valence-corrected chi connectivity index (χ1v) is 15.0. The van der Waals surface area contributed by atoms with Crippen molar-refractivity contribution < 1.29 is 22.7 Å². The quantitative estimate of drug-likeness (QED) is 0.385. The molecule has 0 aliphatic carbocycles. The number of fused-ring (bicyclic) bond motifs is 1. The number of nitrogens with zero attached hydrogens (tertiary/aromatic N) is 3. The van der Waals surface area contributed by atoms with E-state index in [-0.39, 0.29) is 29.4 Å². The van der Waals surface area contributed by atoms with Crippen LogP contribution in [0.2, 0.25) is 5.02 Å². The fourth-order valence-electron chi connectivity index (χ4n) is 4.65. The lowest BCUT2D eigenvalue weighted by molar-refractivity contribution is -0.144. The van der Waals surface area contributed by atoms with Gasteiger partial charge in [0.05, 0.1) is 17.1 Å². The standard InChI is InChI=1S/C29H35ClN4O5S/c1-20(27(35)33(15-16-39-29(2,3)4)19-21-9-12-31-13-10-21)34-14-11-26(28(34)36)32-40(37,38)25-8-6-22-17-24(30)7-5-23(22)18-25/h5-10,12-13,17-18,20,26,32H,11,14-16,19H2,1-4H3/t20-,26-/m0/s1. The maximum Gasteiger partial charge on any atom is 0.245 e. The number of aromatic nitrogens is 1. The van der Waals surface area contributed by atoms with E-state index >= 15 is 0 Å². The highest BCUT2D eigenvalue weighted by Gasteiger charge is 2.40. The highest BCUT2D eigenvalue weighted by atomic mass is 35.5. The Bertz CT molecular complexity index is 1480. The molecule has 3 aromatic rings. The number of ether oxygens (including phenoxy) is 1. The lowest BCUT2D eigenvalue weighted by Gasteiger charge is -2.31. The molecule has 9 nitrogen and oxygen atoms in total. The van der Waals surface area contributed by atoms with Crippen LogP contribution in [0.25, 0.3) is 10.8 Å². The lowest BCUT2D eigenvalue weighted by atomic mass is 10.1. The summed E-state index contributed by atoms with van der Waals surface area (Å²) in [4.78, 5) is 34.1. The third kappa shape index (κ3) is 7.37. The average Bonchev–Trinajstić information content (AvgIpc) is 3.25. The van der Waals surface area contributed by atoms with Gasteiger partial charge >= 0.3 is 0 Å². The van der Waals surface area contributed by atoms with Crippen LogP contribution in [0.1, 0.15) is 39.7 Å². The van der Waals surface area contributed by atoms with Gasteiger partial charge in [0.2, 0.25) is 21.8 Å². The van der Waals surface area contributed by atoms with E-state index in [4.69, 9.17) is 16.3 Å². The van der Waals surface area contributed by atoms with Gasteiger partial charge in [-0.15, -0.1) is 0 Å². The summed E-state index contributed by atoms with van der Waals surface area (Å²) < 4.78 is 34.7. The van der Waals surface area contributed by atoms with Gasteiger partial charge in [0.1, 0.15) is 12.1 Å². The van der Waals surface area contributed by atoms with Crippen molar-refractivity contribution >= 4 is 44.2 Å². The summed E-state index contributed by atoms with van der Waals surface area (Å²) in [6.07, 6.45) is 3.59. The molecule has 0 spiro atoms. The van der Waals surface area contributed by atoms with E-state index in [1.165, 1.54) is 11.0 Å². The third-order valence-corrected chi connectivity index (χ3v) is 8.48. The van der Waals surface area contributed by atoms with Crippen molar-refractivity contribution in [1.82, 2.24) is 19.5 Å². The topological polar surface area (TPSA) is 109 Å². The number of carbonyl (C=O) groups is 2. The largest absolute Gasteiger partial charge is 0.374 e. The van der Waals surface area contributed by atoms with Crippen LogP contribution in [0.5, 0.6) is 0 Å². The molecule has 2 heterocycles. The number of carbonyl (C=O) groups excluding carboxylic acids is 2. The second kappa shape index (κ2) is 12.2. The fraction of sp³-hybridized carbons (Fsp3) is 0.414. The number of rotatable bonds is 10. The molecule has 2 atom stereocenters. The predicted molar refractivity (Wildman–Crippen MR) is 154 cm³/mol. The highest BCUT2D eigenvalue weighted by Crippen LogP contribution is 2.24. The Morgan fingerprint density at radius 2 is 1.82 bits per heavy atom. The van der Waals surface area contributed by atoms with E-state index < -0.39 is 28.0 Å². The molecule has 1 fully saturated rings. The first kappa shape index (κ1) is 29.9. The van der Waals surface area contributed by atoms with Crippen molar-refractivity contribution in [1.29, 1.82) is 0 Å². The van der Waals surface area contributed by atoms with Gasteiger partial charge in [0.25, 0.3) is 0 Å². The molecular formula is C29H35ClN4O5S. The van der Waals surface area contributed by atoms with Gasteiger partial charge < -0.3 is 14.5 Å². The minimum Gasteiger partial charge on any atom is -0.374 e. The van der Waals surface area contributed by atoms with Crippen LogP contribution in [0.3, 0.4) is 0 Å². The molecule has 0 saturated carbocycles. The summed E-state index contributed by atoms with van der Waals surface area (Å²) in [5.74, 6) is -0.661. The van der Waals surface area contributed by atoms with Crippen molar-refractivity contribution in [3.8, 4) is 0 Å². The zero-order valence-electron chi connectivity index (χ0n) is 23.1. The van der Waals surface area contributed by atoms with E-state index in [2.05, 4.69) is 9.71 Å². The smallest absolute Gasteiger partial charge is 0.245 e. The van der Waals surface area contributed by atoms with Crippen LogP contribution in [0, 0.1) is 0 Å². The molecule has 11 heteroatoms. The van der Waals surface area contributed by atoms with Gasteiger partial charge in [0, 0.05) is 37.1 Å². The summed E-state index contributed by atoms with van der Waals surface area (Å²) in [7, 11) is -3.98. The number of likely N-dealkylation sites (tertiary alicyclic amines) is 1. The number of sulfonamides is 1. The molecule has 1 aromatic heterocycles. The number of amides is 2. The van der Waals surface area contributed by atoms with Crippen molar-refractivity contribution in [2.45, 2.75) is 63.2 Å². The number of pyridine rings is 1. The molecule has 40 heavy (non-hydrogen) atoms. The van der Waals surface area contributed by atoms with Gasteiger partial charge in [-0.3, -0.25) is 14.6 Å². The van der Waals surface area contributed by atoms with Crippen molar-refractivity contribution in [3.63, 3.8) is 0 Å². The maximum atomic E-state index is 13.6. The Balaban J connectivity index is 1.45. The Morgan fingerprint density at radius 1 is 1.15 bits per heavy atom. The number of halogens is 1. The molecule has 1 aliphatic heterocycles. The predicted octanol–water partition coefficient (Wildman–Crippen LogP) is 4.00. The molecule has 1 N–H and O–H groups in total. The molecular weight excluding hydrogens is 552 g/mol. The third-order valence-electron chi connectivity index (χ3n) is 6.78. The first-order valence-electron chi connectivity index (χ1n) is 13.2. The average molecular weight is 587 g/mol. The molecule has 2 amide bonds. The number of hydrogen-bond acceptors (Lipinski definition) is 6. The highest BCUT2D eigenvalue weighted by molar-refractivity contribution is 7.89. The molecule has 214 valence electrons. The second-order valence-electron chi connectivity index (χ2n) is 10.9. The number of nitrogens with one attached hydrogen (secondary N) is 1. The molecule has 1 aliphatic rings. The summed E-state index contributed by atoms with van der Waals surface area (Å²) in [6, 6.07) is 11.8. The molecule has 4 rings (SSSR count). The van der Waals surface area contributed by atoms with E-state index in [1.807, 2.05) is 32.9 Å². The van der Waals surface area contributed by atoms with Crippen LogP contribution in [-0.2, 0) is 30.9 Å². The summed E-state index contributed by atoms with van der Waals surface area (Å²) in [5.41, 5.74) is 0.548. The molecule has 0 radical (unpaired) electrons. The van der Waals surface area contributed by atoms with Crippen LogP contribution >= 0.6 is 11.6 Å². The molecule has 2 aromatic carbocycles. The van der Waals surface area contributed by atoms with Crippen LogP contribution < -0.4 is 4.72 Å². The van der Waals surface area contributed by atoms with E-state index in [0.717, 1.165) is 16.3 Å². The fourth-order valence-corrected chi connectivity index (χ4v) is 6.09. The zero-order valence-corrected chi connectivity index (χ0v) is 24.7. The van der Waals surface area contributed by atoms with Crippen molar-refractivity contribution in [2.24, 2.45) is 0 Å². The Labute approximate surface area is 240 Å². The zero-order chi connectivity index (χ0) is 29.1. The number of benzene rings is 2. The second-order valence-corrected chi connectivity index (χ2v) is 13.0. The Hall–Kier alpha value is -3.05. The van der Waals surface area contributed by atoms with Gasteiger partial charge in [-0.1, -0.05) is 23.7 Å². The van der Waals surface area contributed by atoms with Crippen molar-refractivity contribution in [3.05, 3.63) is 71.5 Å². The summed E-state index contributed by atoms with van der Waals surface area (Å²) in [6.45, 7) is 8.79. The summed E-state index contributed by atoms with van der Waals surface area (Å²) >= 11 is 6.03. The summed E-state index contributed by atoms with van der Waals surface area (Å²) in [5, 5.41) is 2.09. The molecule has 0 bridgehead atoms. The Morgan fingerprint density at radius 3 is 2.52 bits per heavy atom. The SMILES string of the molecule is C[C@@H](C(=O)N(CCOC(C)(C)C)Cc1ccncc1)N1CC[C@H](NS(=O)(=O)c2ccc3cc(Cl)ccc3c2)C1=O. The van der Waals surface area contributed by atoms with E-state index in [1.54, 1.807) is 54.5 Å². The first-order chi connectivity index (χ1) is 18.8. The molecule has 0 unspecified atom stereocenters. The monoisotopic (exact) mass is 586 g/mol. The maximum absolute atomic E-state index is 13.6. The van der Waals surface area contributed by atoms with Gasteiger partial charge in [-0.05, 0) is 86.8 Å². The van der Waals surface area contributed by atoms with E-state index in [9.17, 15) is 18.0 Å². The van der Waals surface area contributed by atoms with Crippen molar-refractivity contribution in [2.75, 3.05) is 19.7 Å². The van der Waals surface area contributed by atoms with E-state index in [0.29, 0.717) is 24.7 Å². The van der Waals surface area contributed by atoms with Crippen LogP contribution in [-0.4, -0.2) is 72.4 Å². The van der Waals surface area contributed by atoms with Gasteiger partial charge in [-0.25, -0.2) is 8.42 Å². The number of hydrogen-bond donors (Lipinski definition) is 1. The minimum atomic E-state index is -3.98. The van der Waals surface area contributed by atoms with Gasteiger partial charge in [0.15, 0.2) is 0 Å². The van der Waals surface area contributed by atoms with Crippen LogP contribution in [0.4, 0.5) is 0 Å². The van der Waals surface area contributed by atoms with Gasteiger partial charge in [-0.2, -0.15) is 4.72 Å². The lowest BCUT2D eigenvalue weighted by Crippen LogP contribution is -2.50. The Kier molecular flexibility index (Phi) is 9.14. The molecule has 1 saturated heterocycles. The van der Waals surface area contributed by atoms with Crippen LogP contribution in [0.15, 0.2) is 65.8 Å².